The topological polar surface area (TPSA) is 79.6 Å². The number of hydrogen-bond acceptors (Lipinski definition) is 4. The molecule has 86 valence electrons. The molecule has 17 heavy (non-hydrogen) atoms. The predicted octanol–water partition coefficient (Wildman–Crippen LogP) is 1.48. The van der Waals surface area contributed by atoms with Gasteiger partial charge in [-0.1, -0.05) is 18.2 Å². The summed E-state index contributed by atoms with van der Waals surface area (Å²) in [5.74, 6) is 0.831. The summed E-state index contributed by atoms with van der Waals surface area (Å²) in [6, 6.07) is 8.10. The molecular formula is C12H13N5. The van der Waals surface area contributed by atoms with E-state index in [0.717, 1.165) is 27.8 Å². The molecule has 1 aromatic carbocycles. The van der Waals surface area contributed by atoms with Crippen LogP contribution in [-0.4, -0.2) is 28.0 Å². The van der Waals surface area contributed by atoms with Crippen LogP contribution in [0.15, 0.2) is 30.6 Å². The Morgan fingerprint density at radius 3 is 3.00 bits per heavy atom. The lowest BCUT2D eigenvalue weighted by Crippen LogP contribution is -2.14. The van der Waals surface area contributed by atoms with Crippen molar-refractivity contribution < 1.29 is 0 Å². The van der Waals surface area contributed by atoms with Gasteiger partial charge in [-0.15, -0.1) is 0 Å². The molecular weight excluding hydrogens is 214 g/mol. The fourth-order valence-electron chi connectivity index (χ4n) is 2.00. The first-order chi connectivity index (χ1) is 8.40. The summed E-state index contributed by atoms with van der Waals surface area (Å²) < 4.78 is 0. The van der Waals surface area contributed by atoms with Gasteiger partial charge in [0.25, 0.3) is 0 Å². The number of benzene rings is 1. The highest BCUT2D eigenvalue weighted by Gasteiger charge is 2.09. The van der Waals surface area contributed by atoms with E-state index >= 15 is 0 Å². The number of aromatic amines is 1. The molecule has 0 saturated heterocycles. The van der Waals surface area contributed by atoms with E-state index in [1.54, 1.807) is 6.33 Å². The van der Waals surface area contributed by atoms with Gasteiger partial charge >= 0.3 is 0 Å². The molecule has 0 aliphatic carbocycles. The van der Waals surface area contributed by atoms with Crippen LogP contribution in [0, 0.1) is 0 Å². The van der Waals surface area contributed by atoms with Gasteiger partial charge in [0.05, 0.1) is 5.39 Å². The van der Waals surface area contributed by atoms with Crippen molar-refractivity contribution in [3.63, 3.8) is 0 Å². The van der Waals surface area contributed by atoms with Crippen molar-refractivity contribution in [2.45, 2.75) is 0 Å². The molecule has 0 radical (unpaired) electrons. The normalized spacial score (nSPS) is 11.1. The minimum Gasteiger partial charge on any atom is -0.368 e. The van der Waals surface area contributed by atoms with E-state index in [1.807, 2.05) is 18.2 Å². The molecule has 0 bridgehead atoms. The highest BCUT2D eigenvalue weighted by atomic mass is 15.0. The summed E-state index contributed by atoms with van der Waals surface area (Å²) in [7, 11) is 0. The van der Waals surface area contributed by atoms with Crippen molar-refractivity contribution in [3.05, 3.63) is 30.6 Å². The average molecular weight is 227 g/mol. The number of nitrogens with one attached hydrogen (secondary N) is 2. The number of para-hydroxylation sites is 1. The van der Waals surface area contributed by atoms with Gasteiger partial charge in [0.15, 0.2) is 0 Å². The van der Waals surface area contributed by atoms with E-state index < -0.39 is 0 Å². The van der Waals surface area contributed by atoms with E-state index in [0.29, 0.717) is 13.1 Å². The van der Waals surface area contributed by atoms with Crippen LogP contribution in [0.25, 0.3) is 21.9 Å². The minimum absolute atomic E-state index is 0.577. The van der Waals surface area contributed by atoms with Gasteiger partial charge in [0.1, 0.15) is 17.8 Å². The van der Waals surface area contributed by atoms with Gasteiger partial charge in [0, 0.05) is 24.0 Å². The lowest BCUT2D eigenvalue weighted by atomic mass is 10.2. The Balaban J connectivity index is 2.28. The van der Waals surface area contributed by atoms with Crippen LogP contribution in [0.5, 0.6) is 0 Å². The standard InChI is InChI=1S/C12H13N5/c13-5-6-14-11-10-8-3-1-2-4-9(8)17-12(10)16-7-15-11/h1-4,7H,5-6,13H2,(H2,14,15,16,17). The van der Waals surface area contributed by atoms with Crippen molar-refractivity contribution in [3.8, 4) is 0 Å². The maximum Gasteiger partial charge on any atom is 0.143 e. The Bertz CT molecular complexity index is 658. The third-order valence-electron chi connectivity index (χ3n) is 2.73. The molecule has 0 amide bonds. The number of anilines is 1. The highest BCUT2D eigenvalue weighted by Crippen LogP contribution is 2.28. The van der Waals surface area contributed by atoms with Crippen LogP contribution < -0.4 is 11.1 Å². The van der Waals surface area contributed by atoms with Gasteiger partial charge in [-0.3, -0.25) is 0 Å². The molecule has 0 spiro atoms. The van der Waals surface area contributed by atoms with E-state index in [4.69, 9.17) is 5.73 Å². The second-order valence-electron chi connectivity index (χ2n) is 3.83. The van der Waals surface area contributed by atoms with Gasteiger partial charge < -0.3 is 16.0 Å². The Labute approximate surface area is 98.1 Å². The summed E-state index contributed by atoms with van der Waals surface area (Å²) in [5.41, 5.74) is 7.41. The summed E-state index contributed by atoms with van der Waals surface area (Å²) >= 11 is 0. The number of nitrogens with two attached hydrogens (primary N) is 1. The number of rotatable bonds is 3. The molecule has 0 aliphatic rings. The fourth-order valence-corrected chi connectivity index (χ4v) is 2.00. The van der Waals surface area contributed by atoms with E-state index in [1.165, 1.54) is 0 Å². The quantitative estimate of drug-likeness (QED) is 0.633. The summed E-state index contributed by atoms with van der Waals surface area (Å²) in [6.45, 7) is 1.28. The van der Waals surface area contributed by atoms with E-state index in [-0.39, 0.29) is 0 Å². The first-order valence-corrected chi connectivity index (χ1v) is 5.55. The molecule has 5 nitrogen and oxygen atoms in total. The lowest BCUT2D eigenvalue weighted by Gasteiger charge is -2.04. The zero-order chi connectivity index (χ0) is 11.7. The van der Waals surface area contributed by atoms with Crippen LogP contribution in [0.2, 0.25) is 0 Å². The molecule has 0 saturated carbocycles. The van der Waals surface area contributed by atoms with Gasteiger partial charge in [0.2, 0.25) is 0 Å². The molecule has 5 heteroatoms. The predicted molar refractivity (Wildman–Crippen MR) is 68.9 cm³/mol. The molecule has 3 aromatic rings. The first kappa shape index (κ1) is 10.0. The van der Waals surface area contributed by atoms with E-state index in [9.17, 15) is 0 Å². The largest absolute Gasteiger partial charge is 0.368 e. The Hall–Kier alpha value is -2.14. The number of hydrogen-bond donors (Lipinski definition) is 3. The van der Waals surface area contributed by atoms with Gasteiger partial charge in [-0.05, 0) is 6.07 Å². The number of H-pyrrole nitrogens is 1. The van der Waals surface area contributed by atoms with E-state index in [2.05, 4.69) is 26.3 Å². The zero-order valence-electron chi connectivity index (χ0n) is 9.27. The molecule has 0 fully saturated rings. The van der Waals surface area contributed by atoms with Gasteiger partial charge in [-0.2, -0.15) is 0 Å². The van der Waals surface area contributed by atoms with Crippen LogP contribution in [-0.2, 0) is 0 Å². The first-order valence-electron chi connectivity index (χ1n) is 5.55. The monoisotopic (exact) mass is 227 g/mol. The maximum absolute atomic E-state index is 5.49. The average Bonchev–Trinajstić information content (AvgIpc) is 2.75. The molecule has 0 unspecified atom stereocenters. The van der Waals surface area contributed by atoms with Crippen LogP contribution in [0.1, 0.15) is 0 Å². The summed E-state index contributed by atoms with van der Waals surface area (Å²) in [6.07, 6.45) is 1.55. The van der Waals surface area contributed by atoms with Crippen LogP contribution in [0.4, 0.5) is 5.82 Å². The molecule has 0 atom stereocenters. The Morgan fingerprint density at radius 2 is 2.12 bits per heavy atom. The second kappa shape index (κ2) is 4.03. The molecule has 2 heterocycles. The fraction of sp³-hybridized carbons (Fsp3) is 0.167. The lowest BCUT2D eigenvalue weighted by molar-refractivity contribution is 1.01. The zero-order valence-corrected chi connectivity index (χ0v) is 9.27. The van der Waals surface area contributed by atoms with Crippen molar-refractivity contribution in [1.29, 1.82) is 0 Å². The van der Waals surface area contributed by atoms with Crippen molar-refractivity contribution >= 4 is 27.8 Å². The van der Waals surface area contributed by atoms with Crippen LogP contribution in [0.3, 0.4) is 0 Å². The smallest absolute Gasteiger partial charge is 0.143 e. The van der Waals surface area contributed by atoms with Crippen molar-refractivity contribution in [2.24, 2.45) is 5.73 Å². The second-order valence-corrected chi connectivity index (χ2v) is 3.83. The summed E-state index contributed by atoms with van der Waals surface area (Å²) in [4.78, 5) is 11.8. The maximum atomic E-state index is 5.49. The molecule has 2 aromatic heterocycles. The molecule has 4 N–H and O–H groups in total. The SMILES string of the molecule is NCCNc1ncnc2[nH]c3ccccc3c12. The Kier molecular flexibility index (Phi) is 2.38. The highest BCUT2D eigenvalue weighted by molar-refractivity contribution is 6.10. The van der Waals surface area contributed by atoms with Crippen molar-refractivity contribution in [1.82, 2.24) is 15.0 Å². The van der Waals surface area contributed by atoms with Crippen LogP contribution >= 0.6 is 0 Å². The van der Waals surface area contributed by atoms with Crippen molar-refractivity contribution in [2.75, 3.05) is 18.4 Å². The molecule has 0 aliphatic heterocycles. The minimum atomic E-state index is 0.577. The third-order valence-corrected chi connectivity index (χ3v) is 2.73. The van der Waals surface area contributed by atoms with Gasteiger partial charge in [-0.25, -0.2) is 9.97 Å². The number of nitrogens with zero attached hydrogens (tertiary/aromatic N) is 2. The third kappa shape index (κ3) is 1.60. The number of fused-ring (bicyclic) bond motifs is 3. The number of aromatic nitrogens is 3. The Morgan fingerprint density at radius 1 is 1.24 bits per heavy atom. The summed E-state index contributed by atoms with van der Waals surface area (Å²) in [5, 5.41) is 5.37. The molecule has 3 rings (SSSR count).